The molecule has 0 spiro atoms. The number of hydrogen-bond acceptors (Lipinski definition) is 5. The lowest BCUT2D eigenvalue weighted by molar-refractivity contribution is 0.572. The van der Waals surface area contributed by atoms with Crippen molar-refractivity contribution in [2.24, 2.45) is 0 Å². The molecule has 1 unspecified atom stereocenters. The molecule has 1 aliphatic rings. The fourth-order valence-corrected chi connectivity index (χ4v) is 4.98. The van der Waals surface area contributed by atoms with Gasteiger partial charge in [-0.2, -0.15) is 11.8 Å². The number of pyridine rings is 1. The molecule has 1 aromatic rings. The molecule has 0 aliphatic carbocycles. The summed E-state index contributed by atoms with van der Waals surface area (Å²) in [7, 11) is -3.29. The third-order valence-electron chi connectivity index (χ3n) is 2.95. The first-order valence-corrected chi connectivity index (χ1v) is 9.32. The number of hydrogen-bond donors (Lipinski definition) is 0. The number of halogens is 2. The average Bonchev–Trinajstić information content (AvgIpc) is 2.38. The Balaban J connectivity index is 2.44. The molecule has 0 aromatic carbocycles. The Kier molecular flexibility index (Phi) is 4.58. The van der Waals surface area contributed by atoms with Crippen LogP contribution in [-0.4, -0.2) is 43.1 Å². The fourth-order valence-electron chi connectivity index (χ4n) is 1.95. The van der Waals surface area contributed by atoms with Gasteiger partial charge >= 0.3 is 0 Å². The van der Waals surface area contributed by atoms with Crippen LogP contribution in [-0.2, 0) is 15.7 Å². The first kappa shape index (κ1) is 14.9. The summed E-state index contributed by atoms with van der Waals surface area (Å²) in [6.45, 7) is 0.456. The van der Waals surface area contributed by atoms with Crippen molar-refractivity contribution in [3.8, 4) is 0 Å². The van der Waals surface area contributed by atoms with Crippen LogP contribution in [0.2, 0.25) is 0 Å². The smallest absolute Gasteiger partial charge is 0.170 e. The molecular weight excluding hydrogens is 311 g/mol. The maximum atomic E-state index is 14.2. The normalized spacial score (nSPS) is 20.6. The predicted octanol–water partition coefficient (Wildman–Crippen LogP) is 1.88. The van der Waals surface area contributed by atoms with Crippen molar-refractivity contribution >= 4 is 39.0 Å². The third-order valence-corrected chi connectivity index (χ3v) is 5.88. The van der Waals surface area contributed by atoms with Gasteiger partial charge in [0.15, 0.2) is 21.5 Å². The Morgan fingerprint density at radius 3 is 3.00 bits per heavy atom. The van der Waals surface area contributed by atoms with Gasteiger partial charge in [-0.1, -0.05) is 0 Å². The molecule has 1 fully saturated rings. The lowest BCUT2D eigenvalue weighted by Crippen LogP contribution is -2.47. The highest BCUT2D eigenvalue weighted by molar-refractivity contribution is 8.01. The molecule has 2 heterocycles. The summed E-state index contributed by atoms with van der Waals surface area (Å²) in [4.78, 5) is 5.52. The first-order valence-electron chi connectivity index (χ1n) is 5.67. The second kappa shape index (κ2) is 5.85. The van der Waals surface area contributed by atoms with E-state index in [1.165, 1.54) is 23.4 Å². The molecule has 4 nitrogen and oxygen atoms in total. The van der Waals surface area contributed by atoms with Crippen molar-refractivity contribution < 1.29 is 12.8 Å². The second-order valence-electron chi connectivity index (χ2n) is 4.29. The molecule has 0 radical (unpaired) electrons. The maximum absolute atomic E-state index is 14.2. The molecule has 1 aliphatic heterocycles. The van der Waals surface area contributed by atoms with E-state index in [9.17, 15) is 12.8 Å². The number of sulfone groups is 1. The van der Waals surface area contributed by atoms with Crippen molar-refractivity contribution in [1.82, 2.24) is 4.98 Å². The third kappa shape index (κ3) is 3.14. The van der Waals surface area contributed by atoms with E-state index >= 15 is 0 Å². The van der Waals surface area contributed by atoms with Gasteiger partial charge in [-0.05, 0) is 6.07 Å². The van der Waals surface area contributed by atoms with Gasteiger partial charge in [-0.25, -0.2) is 17.8 Å². The highest BCUT2D eigenvalue weighted by Gasteiger charge is 2.33. The molecule has 8 heteroatoms. The summed E-state index contributed by atoms with van der Waals surface area (Å²) in [6, 6.07) is 1.50. The van der Waals surface area contributed by atoms with Gasteiger partial charge in [0, 0.05) is 36.1 Å². The van der Waals surface area contributed by atoms with Crippen LogP contribution in [0.5, 0.6) is 0 Å². The van der Waals surface area contributed by atoms with Crippen LogP contribution in [0.25, 0.3) is 0 Å². The number of alkyl halides is 1. The molecule has 1 atom stereocenters. The van der Waals surface area contributed by atoms with E-state index in [1.54, 1.807) is 11.8 Å². The van der Waals surface area contributed by atoms with E-state index < -0.39 is 21.0 Å². The Hall–Kier alpha value is -0.530. The highest BCUT2D eigenvalue weighted by Crippen LogP contribution is 2.28. The Morgan fingerprint density at radius 2 is 2.37 bits per heavy atom. The monoisotopic (exact) mass is 324 g/mol. The minimum atomic E-state index is -3.29. The molecule has 19 heavy (non-hydrogen) atoms. The molecule has 1 saturated heterocycles. The number of nitrogens with zero attached hydrogens (tertiary/aromatic N) is 2. The number of aromatic nitrogens is 1. The lowest BCUT2D eigenvalue weighted by Gasteiger charge is -2.35. The molecule has 0 bridgehead atoms. The summed E-state index contributed by atoms with van der Waals surface area (Å²) >= 11 is 7.21. The Labute approximate surface area is 121 Å². The standard InChI is InChI=1S/C11H14ClFN2O2S2/c1-19(16,17)9-7-18-5-4-15(9)11-10(13)8(6-12)2-3-14-11/h2-3,9H,4-7H2,1H3. The zero-order valence-electron chi connectivity index (χ0n) is 10.3. The van der Waals surface area contributed by atoms with Gasteiger partial charge in [-0.15, -0.1) is 11.6 Å². The number of anilines is 1. The molecule has 0 amide bonds. The van der Waals surface area contributed by atoms with Crippen LogP contribution in [0.15, 0.2) is 12.3 Å². The summed E-state index contributed by atoms with van der Waals surface area (Å²) < 4.78 is 37.8. The minimum Gasteiger partial charge on any atom is -0.336 e. The van der Waals surface area contributed by atoms with Crippen LogP contribution in [0.3, 0.4) is 0 Å². The SMILES string of the molecule is CS(=O)(=O)C1CSCCN1c1nccc(CCl)c1F. The molecule has 0 N–H and O–H groups in total. The van der Waals surface area contributed by atoms with Crippen LogP contribution < -0.4 is 4.90 Å². The molecule has 1 aromatic heterocycles. The van der Waals surface area contributed by atoms with Gasteiger partial charge in [-0.3, -0.25) is 0 Å². The largest absolute Gasteiger partial charge is 0.336 e. The van der Waals surface area contributed by atoms with Crippen molar-refractivity contribution in [1.29, 1.82) is 0 Å². The zero-order valence-corrected chi connectivity index (χ0v) is 12.7. The number of rotatable bonds is 3. The molecular formula is C11H14ClFN2O2S2. The topological polar surface area (TPSA) is 50.3 Å². The quantitative estimate of drug-likeness (QED) is 0.795. The lowest BCUT2D eigenvalue weighted by atomic mass is 10.2. The van der Waals surface area contributed by atoms with E-state index in [2.05, 4.69) is 4.98 Å². The van der Waals surface area contributed by atoms with E-state index in [0.717, 1.165) is 5.75 Å². The van der Waals surface area contributed by atoms with E-state index in [1.807, 2.05) is 0 Å². The minimum absolute atomic E-state index is 0.0352. The van der Waals surface area contributed by atoms with Crippen LogP contribution in [0.1, 0.15) is 5.56 Å². The van der Waals surface area contributed by atoms with E-state index in [0.29, 0.717) is 17.9 Å². The van der Waals surface area contributed by atoms with Gasteiger partial charge in [0.2, 0.25) is 0 Å². The Morgan fingerprint density at radius 1 is 1.63 bits per heavy atom. The van der Waals surface area contributed by atoms with Crippen molar-refractivity contribution in [3.63, 3.8) is 0 Å². The fraction of sp³-hybridized carbons (Fsp3) is 0.545. The van der Waals surface area contributed by atoms with Gasteiger partial charge in [0.25, 0.3) is 0 Å². The highest BCUT2D eigenvalue weighted by atomic mass is 35.5. The second-order valence-corrected chi connectivity index (χ2v) is 7.91. The first-order chi connectivity index (χ1) is 8.95. The van der Waals surface area contributed by atoms with E-state index in [-0.39, 0.29) is 11.7 Å². The maximum Gasteiger partial charge on any atom is 0.170 e. The zero-order chi connectivity index (χ0) is 14.0. The van der Waals surface area contributed by atoms with Crippen LogP contribution >= 0.6 is 23.4 Å². The van der Waals surface area contributed by atoms with Gasteiger partial charge in [0.05, 0.1) is 5.88 Å². The summed E-state index contributed by atoms with van der Waals surface area (Å²) in [5.74, 6) is 0.753. The summed E-state index contributed by atoms with van der Waals surface area (Å²) in [5.41, 5.74) is 0.331. The van der Waals surface area contributed by atoms with Gasteiger partial charge in [0.1, 0.15) is 5.37 Å². The van der Waals surface area contributed by atoms with Crippen molar-refractivity contribution in [2.45, 2.75) is 11.3 Å². The number of thioether (sulfide) groups is 1. The van der Waals surface area contributed by atoms with Crippen LogP contribution in [0.4, 0.5) is 10.2 Å². The van der Waals surface area contributed by atoms with Crippen LogP contribution in [0, 0.1) is 5.82 Å². The molecule has 106 valence electrons. The van der Waals surface area contributed by atoms with Gasteiger partial charge < -0.3 is 4.90 Å². The van der Waals surface area contributed by atoms with Crippen molar-refractivity contribution in [2.75, 3.05) is 29.2 Å². The summed E-state index contributed by atoms with van der Waals surface area (Å²) in [5, 5.41) is -0.737. The summed E-state index contributed by atoms with van der Waals surface area (Å²) in [6.07, 6.45) is 2.62. The van der Waals surface area contributed by atoms with E-state index in [4.69, 9.17) is 11.6 Å². The molecule has 2 rings (SSSR count). The van der Waals surface area contributed by atoms with Crippen molar-refractivity contribution in [3.05, 3.63) is 23.6 Å². The predicted molar refractivity (Wildman–Crippen MR) is 77.1 cm³/mol. The Bertz CT molecular complexity index is 568. The molecule has 0 saturated carbocycles. The average molecular weight is 325 g/mol.